The van der Waals surface area contributed by atoms with E-state index in [1.54, 1.807) is 12.1 Å². The molecule has 3 heterocycles. The van der Waals surface area contributed by atoms with Crippen molar-refractivity contribution in [2.45, 2.75) is 35.7 Å². The quantitative estimate of drug-likeness (QED) is 0.207. The number of aryl methyl sites for hydroxylation is 1. The van der Waals surface area contributed by atoms with Gasteiger partial charge >= 0.3 is 12.4 Å². The zero-order chi connectivity index (χ0) is 30.2. The van der Waals surface area contributed by atoms with E-state index in [0.29, 0.717) is 27.9 Å². The molecule has 1 aliphatic rings. The summed E-state index contributed by atoms with van der Waals surface area (Å²) in [6, 6.07) is 4.65. The van der Waals surface area contributed by atoms with Crippen molar-refractivity contribution in [2.75, 3.05) is 14.1 Å². The second-order valence-corrected chi connectivity index (χ2v) is 12.9. The van der Waals surface area contributed by atoms with Crippen LogP contribution in [0, 0.1) is 6.92 Å². The Morgan fingerprint density at radius 2 is 1.56 bits per heavy atom. The summed E-state index contributed by atoms with van der Waals surface area (Å²) >= 11 is 15.2. The summed E-state index contributed by atoms with van der Waals surface area (Å²) in [5, 5.41) is 5.27. The molecule has 2 aromatic heterocycles. The van der Waals surface area contributed by atoms with Crippen LogP contribution < -0.4 is 0 Å². The Hall–Kier alpha value is -2.74. The van der Waals surface area contributed by atoms with E-state index in [-0.39, 0.29) is 33.4 Å². The minimum atomic E-state index is -5.06. The number of amides is 1. The number of aromatic nitrogens is 3. The molecule has 216 valence electrons. The SMILES string of the molecule is Cc1nn(-c2nc3c(s2)SC(C)c2cc(Cl)c(Cl)cc2-3)c(C(=O)N(C)C)c1-c1cc(C(F)(F)F)cc(C(F)(F)F)c1. The van der Waals surface area contributed by atoms with Crippen molar-refractivity contribution in [3.8, 4) is 27.5 Å². The first-order chi connectivity index (χ1) is 19.0. The third kappa shape index (κ3) is 5.33. The number of fused-ring (bicyclic) bond motifs is 3. The summed E-state index contributed by atoms with van der Waals surface area (Å²) in [5.41, 5.74) is -1.62. The summed E-state index contributed by atoms with van der Waals surface area (Å²) in [7, 11) is 2.83. The fourth-order valence-electron chi connectivity index (χ4n) is 4.48. The largest absolute Gasteiger partial charge is 0.416 e. The molecule has 0 bridgehead atoms. The van der Waals surface area contributed by atoms with Gasteiger partial charge in [-0.25, -0.2) is 4.98 Å². The van der Waals surface area contributed by atoms with Crippen LogP contribution >= 0.6 is 46.3 Å². The lowest BCUT2D eigenvalue weighted by atomic mass is 9.97. The van der Waals surface area contributed by atoms with E-state index in [0.717, 1.165) is 20.2 Å². The highest BCUT2D eigenvalue weighted by molar-refractivity contribution is 8.01. The molecule has 0 saturated carbocycles. The first-order valence-electron chi connectivity index (χ1n) is 11.8. The summed E-state index contributed by atoms with van der Waals surface area (Å²) in [6.45, 7) is 3.38. The van der Waals surface area contributed by atoms with E-state index in [1.165, 1.54) is 48.8 Å². The van der Waals surface area contributed by atoms with Crippen LogP contribution in [0.15, 0.2) is 34.5 Å². The zero-order valence-electron chi connectivity index (χ0n) is 21.5. The van der Waals surface area contributed by atoms with Crippen LogP contribution in [0.3, 0.4) is 0 Å². The fraction of sp³-hybridized carbons (Fsp3) is 0.269. The maximum Gasteiger partial charge on any atom is 0.416 e. The van der Waals surface area contributed by atoms with Gasteiger partial charge in [0.2, 0.25) is 5.13 Å². The van der Waals surface area contributed by atoms with Gasteiger partial charge in [-0.3, -0.25) is 4.79 Å². The lowest BCUT2D eigenvalue weighted by Crippen LogP contribution is -2.25. The number of hydrogen-bond donors (Lipinski definition) is 0. The number of rotatable bonds is 3. The molecule has 1 unspecified atom stereocenters. The molecule has 1 atom stereocenters. The number of alkyl halides is 6. The van der Waals surface area contributed by atoms with Crippen molar-refractivity contribution >= 4 is 52.2 Å². The number of nitrogens with zero attached hydrogens (tertiary/aromatic N) is 4. The van der Waals surface area contributed by atoms with Gasteiger partial charge in [-0.1, -0.05) is 34.5 Å². The van der Waals surface area contributed by atoms with Crippen LogP contribution in [0.1, 0.15) is 45.0 Å². The van der Waals surface area contributed by atoms with Crippen molar-refractivity contribution in [3.05, 3.63) is 68.5 Å². The topological polar surface area (TPSA) is 51.0 Å². The molecular weight excluding hydrogens is 633 g/mol. The fourth-order valence-corrected chi connectivity index (χ4v) is 7.35. The minimum absolute atomic E-state index is 0.0238. The van der Waals surface area contributed by atoms with E-state index in [4.69, 9.17) is 28.2 Å². The molecule has 5 nitrogen and oxygen atoms in total. The number of hydrogen-bond acceptors (Lipinski definition) is 5. The van der Waals surface area contributed by atoms with Gasteiger partial charge in [0.25, 0.3) is 5.91 Å². The maximum atomic E-state index is 13.7. The van der Waals surface area contributed by atoms with Crippen molar-refractivity contribution in [2.24, 2.45) is 0 Å². The molecule has 15 heteroatoms. The van der Waals surface area contributed by atoms with Crippen LogP contribution in [-0.2, 0) is 12.4 Å². The molecule has 4 aromatic rings. The molecular formula is C26H18Cl2F6N4OS2. The predicted molar refractivity (Wildman–Crippen MR) is 147 cm³/mol. The number of carbonyl (C=O) groups excluding carboxylic acids is 1. The van der Waals surface area contributed by atoms with E-state index >= 15 is 0 Å². The number of thiazole rings is 1. The first kappa shape index (κ1) is 29.7. The molecule has 2 aromatic carbocycles. The highest BCUT2D eigenvalue weighted by atomic mass is 35.5. The standard InChI is InChI=1S/C26H18Cl2F6N4OS2/c1-10-19(12-5-13(25(29,30)31)7-14(6-12)26(32,33)34)21(22(39)37(3)4)38(36-10)24-35-20-16-9-18(28)17(27)8-15(16)11(2)40-23(20)41-24/h5-9,11H,1-4H3. The number of thioether (sulfide) groups is 1. The average Bonchev–Trinajstić information content (AvgIpc) is 3.44. The molecule has 0 saturated heterocycles. The summed E-state index contributed by atoms with van der Waals surface area (Å²) < 4.78 is 83.9. The van der Waals surface area contributed by atoms with Crippen LogP contribution in [0.25, 0.3) is 27.5 Å². The predicted octanol–water partition coefficient (Wildman–Crippen LogP) is 9.18. The van der Waals surface area contributed by atoms with Gasteiger partial charge in [-0.05, 0) is 55.3 Å². The highest BCUT2D eigenvalue weighted by Gasteiger charge is 2.38. The highest BCUT2D eigenvalue weighted by Crippen LogP contribution is 2.53. The van der Waals surface area contributed by atoms with E-state index in [2.05, 4.69) is 5.10 Å². The lowest BCUT2D eigenvalue weighted by Gasteiger charge is -2.21. The Kier molecular flexibility index (Phi) is 7.41. The monoisotopic (exact) mass is 650 g/mol. The van der Waals surface area contributed by atoms with Gasteiger partial charge in [-0.2, -0.15) is 36.1 Å². The Morgan fingerprint density at radius 1 is 0.976 bits per heavy atom. The maximum absolute atomic E-state index is 13.7. The van der Waals surface area contributed by atoms with Crippen molar-refractivity contribution < 1.29 is 31.1 Å². The van der Waals surface area contributed by atoms with Crippen LogP contribution in [0.5, 0.6) is 0 Å². The van der Waals surface area contributed by atoms with Crippen molar-refractivity contribution in [3.63, 3.8) is 0 Å². The smallest absolute Gasteiger partial charge is 0.343 e. The molecule has 0 spiro atoms. The second-order valence-electron chi connectivity index (χ2n) is 9.46. The zero-order valence-corrected chi connectivity index (χ0v) is 24.6. The molecule has 1 amide bonds. The van der Waals surface area contributed by atoms with E-state index in [9.17, 15) is 31.1 Å². The third-order valence-electron chi connectivity index (χ3n) is 6.38. The van der Waals surface area contributed by atoms with Crippen molar-refractivity contribution in [1.29, 1.82) is 0 Å². The molecule has 0 fully saturated rings. The van der Waals surface area contributed by atoms with Gasteiger partial charge in [0, 0.05) is 30.5 Å². The molecule has 41 heavy (non-hydrogen) atoms. The average molecular weight is 651 g/mol. The van der Waals surface area contributed by atoms with Gasteiger partial charge in [0.1, 0.15) is 5.69 Å². The minimum Gasteiger partial charge on any atom is -0.343 e. The van der Waals surface area contributed by atoms with Crippen molar-refractivity contribution in [1.82, 2.24) is 19.7 Å². The summed E-state index contributed by atoms with van der Waals surface area (Å²) in [4.78, 5) is 19.3. The number of carbonyl (C=O) groups is 1. The lowest BCUT2D eigenvalue weighted by molar-refractivity contribution is -0.143. The second kappa shape index (κ2) is 10.2. The Balaban J connectivity index is 1.76. The van der Waals surface area contributed by atoms with Crippen LogP contribution in [0.4, 0.5) is 26.3 Å². The molecule has 5 rings (SSSR count). The molecule has 1 aliphatic heterocycles. The molecule has 0 radical (unpaired) electrons. The van der Waals surface area contributed by atoms with Gasteiger partial charge in [-0.15, -0.1) is 11.8 Å². The Morgan fingerprint density at radius 3 is 2.12 bits per heavy atom. The molecule has 0 aliphatic carbocycles. The van der Waals surface area contributed by atoms with E-state index < -0.39 is 35.0 Å². The molecule has 0 N–H and O–H groups in total. The van der Waals surface area contributed by atoms with Gasteiger partial charge in [0.05, 0.1) is 36.8 Å². The van der Waals surface area contributed by atoms with Gasteiger partial charge in [0.15, 0.2) is 0 Å². The third-order valence-corrected chi connectivity index (χ3v) is 9.48. The number of halogens is 8. The van der Waals surface area contributed by atoms with Gasteiger partial charge < -0.3 is 4.90 Å². The summed E-state index contributed by atoms with van der Waals surface area (Å²) in [5.74, 6) is -0.684. The van der Waals surface area contributed by atoms with Crippen LogP contribution in [-0.4, -0.2) is 39.7 Å². The normalized spacial score (nSPS) is 15.1. The van der Waals surface area contributed by atoms with Crippen LogP contribution in [0.2, 0.25) is 10.0 Å². The Labute approximate surface area is 248 Å². The van der Waals surface area contributed by atoms with E-state index in [1.807, 2.05) is 6.92 Å². The summed E-state index contributed by atoms with van der Waals surface area (Å²) in [6.07, 6.45) is -10.1. The first-order valence-corrected chi connectivity index (χ1v) is 14.2. The number of benzene rings is 2. The Bertz CT molecular complexity index is 1680.